The van der Waals surface area contributed by atoms with Gasteiger partial charge in [0.25, 0.3) is 11.7 Å². The molecule has 1 aliphatic rings. The Morgan fingerprint density at radius 1 is 1.06 bits per heavy atom. The minimum Gasteiger partial charge on any atom is -0.507 e. The first-order valence-electron chi connectivity index (χ1n) is 10.7. The van der Waals surface area contributed by atoms with Gasteiger partial charge in [0, 0.05) is 11.8 Å². The highest BCUT2D eigenvalue weighted by Gasteiger charge is 2.48. The number of hydrogen-bond acceptors (Lipinski definition) is 6. The first-order valence-corrected chi connectivity index (χ1v) is 11.1. The van der Waals surface area contributed by atoms with Crippen LogP contribution in [0.25, 0.3) is 5.76 Å². The lowest BCUT2D eigenvalue weighted by atomic mass is 9.98. The minimum atomic E-state index is -0.980. The van der Waals surface area contributed by atoms with Gasteiger partial charge in [0.2, 0.25) is 0 Å². The van der Waals surface area contributed by atoms with E-state index in [1.165, 1.54) is 31.3 Å². The topological polar surface area (TPSA) is 89.2 Å². The molecule has 0 spiro atoms. The summed E-state index contributed by atoms with van der Waals surface area (Å²) < 4.78 is 16.4. The van der Waals surface area contributed by atoms with Crippen LogP contribution in [0.3, 0.4) is 0 Å². The van der Waals surface area contributed by atoms with Crippen LogP contribution >= 0.6 is 11.6 Å². The summed E-state index contributed by atoms with van der Waals surface area (Å²) in [4.78, 5) is 27.8. The van der Waals surface area contributed by atoms with Crippen LogP contribution in [-0.2, 0) is 16.0 Å². The zero-order chi connectivity index (χ0) is 24.6. The van der Waals surface area contributed by atoms with Crippen molar-refractivity contribution in [1.29, 1.82) is 0 Å². The lowest BCUT2D eigenvalue weighted by Gasteiger charge is -2.24. The number of aliphatic hydroxyl groups is 1. The van der Waals surface area contributed by atoms with Gasteiger partial charge in [-0.25, -0.2) is 0 Å². The molecule has 3 aromatic rings. The quantitative estimate of drug-likeness (QED) is 0.286. The number of methoxy groups -OCH3 is 2. The van der Waals surface area contributed by atoms with E-state index in [4.69, 9.17) is 25.5 Å². The number of ether oxygens (including phenoxy) is 2. The molecule has 7 nitrogen and oxygen atoms in total. The molecule has 4 rings (SSSR count). The molecule has 2 heterocycles. The maximum absolute atomic E-state index is 13.3. The van der Waals surface area contributed by atoms with Crippen LogP contribution in [0.5, 0.6) is 11.5 Å². The largest absolute Gasteiger partial charge is 0.507 e. The highest BCUT2D eigenvalue weighted by atomic mass is 35.5. The van der Waals surface area contributed by atoms with E-state index >= 15 is 0 Å². The Labute approximate surface area is 202 Å². The summed E-state index contributed by atoms with van der Waals surface area (Å²) in [6, 6.07) is 12.7. The monoisotopic (exact) mass is 481 g/mol. The second kappa shape index (κ2) is 9.27. The molecular weight excluding hydrogens is 458 g/mol. The molecule has 1 saturated heterocycles. The number of rotatable bonds is 6. The van der Waals surface area contributed by atoms with Gasteiger partial charge in [0.15, 0.2) is 0 Å². The van der Waals surface area contributed by atoms with Gasteiger partial charge in [0.05, 0.1) is 30.4 Å². The fourth-order valence-electron chi connectivity index (χ4n) is 4.05. The van der Waals surface area contributed by atoms with Gasteiger partial charge in [-0.15, -0.1) is 0 Å². The van der Waals surface area contributed by atoms with E-state index in [0.717, 1.165) is 12.0 Å². The average molecular weight is 482 g/mol. The van der Waals surface area contributed by atoms with Gasteiger partial charge in [-0.3, -0.25) is 14.5 Å². The third-order valence-corrected chi connectivity index (χ3v) is 6.12. The van der Waals surface area contributed by atoms with Crippen molar-refractivity contribution in [2.45, 2.75) is 26.3 Å². The Balaban J connectivity index is 1.95. The fraction of sp³-hybridized carbons (Fsp3) is 0.231. The van der Waals surface area contributed by atoms with Crippen molar-refractivity contribution < 1.29 is 28.6 Å². The molecule has 8 heteroatoms. The predicted molar refractivity (Wildman–Crippen MR) is 129 cm³/mol. The van der Waals surface area contributed by atoms with Gasteiger partial charge in [0.1, 0.15) is 34.8 Å². The van der Waals surface area contributed by atoms with Crippen LogP contribution in [0.1, 0.15) is 35.6 Å². The van der Waals surface area contributed by atoms with Gasteiger partial charge >= 0.3 is 0 Å². The molecule has 0 radical (unpaired) electrons. The summed E-state index contributed by atoms with van der Waals surface area (Å²) in [6.07, 6.45) is 0.831. The Hall–Kier alpha value is -3.71. The summed E-state index contributed by atoms with van der Waals surface area (Å²) in [6.45, 7) is 3.79. The average Bonchev–Trinajstić information content (AvgIpc) is 3.39. The number of Topliss-reactive ketones (excluding diaryl/α,β-unsaturated/α-hetero) is 1. The highest BCUT2D eigenvalue weighted by Crippen LogP contribution is 2.45. The molecular formula is C26H24ClNO6. The van der Waals surface area contributed by atoms with E-state index in [-0.39, 0.29) is 21.9 Å². The van der Waals surface area contributed by atoms with E-state index in [0.29, 0.717) is 23.0 Å². The first-order chi connectivity index (χ1) is 16.3. The predicted octanol–water partition coefficient (Wildman–Crippen LogP) is 5.45. The lowest BCUT2D eigenvalue weighted by Crippen LogP contribution is -2.29. The summed E-state index contributed by atoms with van der Waals surface area (Å²) in [5.41, 5.74) is 1.62. The number of nitrogens with zero attached hydrogens (tertiary/aromatic N) is 1. The normalized spacial score (nSPS) is 17.3. The van der Waals surface area contributed by atoms with Crippen LogP contribution in [0.4, 0.5) is 5.69 Å². The van der Waals surface area contributed by atoms with Gasteiger partial charge in [-0.1, -0.05) is 30.7 Å². The molecule has 1 aromatic heterocycles. The van der Waals surface area contributed by atoms with E-state index in [2.05, 4.69) is 0 Å². The molecule has 1 atom stereocenters. The second-order valence-corrected chi connectivity index (χ2v) is 8.23. The van der Waals surface area contributed by atoms with Crippen LogP contribution in [0.15, 0.2) is 58.5 Å². The Morgan fingerprint density at radius 2 is 1.74 bits per heavy atom. The highest BCUT2D eigenvalue weighted by molar-refractivity contribution is 6.51. The number of ketones is 1. The van der Waals surface area contributed by atoms with Crippen molar-refractivity contribution in [2.24, 2.45) is 0 Å². The van der Waals surface area contributed by atoms with E-state index in [9.17, 15) is 14.7 Å². The molecule has 1 aliphatic heterocycles. The summed E-state index contributed by atoms with van der Waals surface area (Å²) in [5.74, 6) is -0.528. The number of furan rings is 1. The molecule has 0 aliphatic carbocycles. The van der Waals surface area contributed by atoms with Gasteiger partial charge in [-0.05, 0) is 49.2 Å². The van der Waals surface area contributed by atoms with Crippen molar-refractivity contribution in [2.75, 3.05) is 19.1 Å². The maximum Gasteiger partial charge on any atom is 0.300 e. The maximum atomic E-state index is 13.3. The zero-order valence-electron chi connectivity index (χ0n) is 19.2. The molecule has 0 saturated carbocycles. The van der Waals surface area contributed by atoms with Crippen LogP contribution in [0, 0.1) is 6.92 Å². The van der Waals surface area contributed by atoms with Crippen molar-refractivity contribution in [3.05, 3.63) is 81.8 Å². The summed E-state index contributed by atoms with van der Waals surface area (Å²) in [7, 11) is 2.87. The van der Waals surface area contributed by atoms with Crippen molar-refractivity contribution in [3.63, 3.8) is 0 Å². The number of amides is 1. The SMILES string of the molecule is CCc1ccc(N2C(=O)C(=O)/C(=C(/O)c3cc(Cl)c(OC)cc3OC)C2c2ccc(C)o2)cc1. The molecule has 34 heavy (non-hydrogen) atoms. The number of anilines is 1. The number of carbonyl (C=O) groups is 2. The zero-order valence-corrected chi connectivity index (χ0v) is 20.0. The summed E-state index contributed by atoms with van der Waals surface area (Å²) >= 11 is 6.29. The molecule has 2 aromatic carbocycles. The van der Waals surface area contributed by atoms with Crippen molar-refractivity contribution in [1.82, 2.24) is 0 Å². The minimum absolute atomic E-state index is 0.126. The third kappa shape index (κ3) is 3.92. The summed E-state index contributed by atoms with van der Waals surface area (Å²) in [5, 5.41) is 11.6. The molecule has 0 bridgehead atoms. The van der Waals surface area contributed by atoms with E-state index in [1.807, 2.05) is 19.1 Å². The standard InChI is InChI=1S/C26H24ClNO6/c1-5-15-7-9-16(10-8-15)28-23(19-11-6-14(2)34-19)22(25(30)26(28)31)24(29)17-12-18(27)21(33-4)13-20(17)32-3/h6-13,23,29H,5H2,1-4H3/b24-22+. The van der Waals surface area contributed by atoms with Crippen LogP contribution in [-0.4, -0.2) is 31.0 Å². The second-order valence-electron chi connectivity index (χ2n) is 7.82. The van der Waals surface area contributed by atoms with Crippen molar-refractivity contribution >= 4 is 34.7 Å². The Bertz CT molecular complexity index is 1290. The lowest BCUT2D eigenvalue weighted by molar-refractivity contribution is -0.132. The number of hydrogen-bond donors (Lipinski definition) is 1. The number of halogens is 1. The fourth-order valence-corrected chi connectivity index (χ4v) is 4.29. The number of aliphatic hydroxyl groups excluding tert-OH is 1. The smallest absolute Gasteiger partial charge is 0.300 e. The van der Waals surface area contributed by atoms with Crippen LogP contribution < -0.4 is 14.4 Å². The Kier molecular flexibility index (Phi) is 6.39. The van der Waals surface area contributed by atoms with E-state index in [1.54, 1.807) is 31.2 Å². The van der Waals surface area contributed by atoms with Crippen molar-refractivity contribution in [3.8, 4) is 11.5 Å². The van der Waals surface area contributed by atoms with E-state index < -0.39 is 23.5 Å². The molecule has 1 N–H and O–H groups in total. The number of carbonyl (C=O) groups excluding carboxylic acids is 2. The molecule has 1 fully saturated rings. The Morgan fingerprint density at radius 3 is 2.29 bits per heavy atom. The molecule has 1 amide bonds. The van der Waals surface area contributed by atoms with Crippen LogP contribution in [0.2, 0.25) is 5.02 Å². The van der Waals surface area contributed by atoms with Gasteiger partial charge in [-0.2, -0.15) is 0 Å². The van der Waals surface area contributed by atoms with Gasteiger partial charge < -0.3 is 19.0 Å². The number of aryl methyl sites for hydroxylation is 2. The molecule has 1 unspecified atom stereocenters. The first kappa shape index (κ1) is 23.4. The molecule has 176 valence electrons. The third-order valence-electron chi connectivity index (χ3n) is 5.83. The number of benzene rings is 2.